The van der Waals surface area contributed by atoms with Gasteiger partial charge in [0.15, 0.2) is 0 Å². The van der Waals surface area contributed by atoms with E-state index in [2.05, 4.69) is 4.74 Å². The van der Waals surface area contributed by atoms with Crippen LogP contribution in [0.5, 0.6) is 0 Å². The third-order valence-electron chi connectivity index (χ3n) is 1.92. The number of hydrogen-bond donors (Lipinski definition) is 0. The molecule has 0 fully saturated rings. The summed E-state index contributed by atoms with van der Waals surface area (Å²) >= 11 is 0. The van der Waals surface area contributed by atoms with E-state index in [1.165, 1.54) is 4.90 Å². The Hall–Kier alpha value is -1.59. The number of esters is 1. The average Bonchev–Trinajstić information content (AvgIpc) is 2.22. The van der Waals surface area contributed by atoms with E-state index in [-0.39, 0.29) is 31.9 Å². The van der Waals surface area contributed by atoms with Gasteiger partial charge in [0, 0.05) is 13.0 Å². The van der Waals surface area contributed by atoms with Crippen molar-refractivity contribution >= 4 is 17.8 Å². The van der Waals surface area contributed by atoms with Crippen LogP contribution in [0.3, 0.4) is 0 Å². The summed E-state index contributed by atoms with van der Waals surface area (Å²) in [6.07, 6.45) is 0.0231. The van der Waals surface area contributed by atoms with Gasteiger partial charge in [-0.3, -0.25) is 20.1 Å². The van der Waals surface area contributed by atoms with Gasteiger partial charge in [-0.05, 0) is 13.8 Å². The molecule has 0 aromatic heterocycles. The number of nitrogens with zero attached hydrogens (tertiary/aromatic N) is 1. The van der Waals surface area contributed by atoms with E-state index in [0.717, 1.165) is 0 Å². The lowest BCUT2D eigenvalue weighted by atomic mass is 10.2. The summed E-state index contributed by atoms with van der Waals surface area (Å²) in [5.41, 5.74) is 6.76. The second-order valence-corrected chi connectivity index (χ2v) is 3.14. The standard InChI is InChI=1S/C10H17N2O4/c1-3-12(7-8(11)13)9(14)5-6-10(15)16-4-2/h11H,3-7H2,1-2H3. The fraction of sp³-hybridized carbons (Fsp3) is 0.700. The summed E-state index contributed by atoms with van der Waals surface area (Å²) in [6.45, 7) is 3.82. The summed E-state index contributed by atoms with van der Waals surface area (Å²) in [7, 11) is 0. The first-order valence-electron chi connectivity index (χ1n) is 5.19. The SMILES string of the molecule is CCOC(=O)CCC(=O)N(CC)CC([NH])=O. The van der Waals surface area contributed by atoms with Crippen LogP contribution in [-0.4, -0.2) is 42.4 Å². The molecule has 0 aromatic rings. The summed E-state index contributed by atoms with van der Waals surface area (Å²) in [5, 5.41) is 0. The maximum Gasteiger partial charge on any atom is 0.306 e. The molecule has 0 atom stereocenters. The van der Waals surface area contributed by atoms with Gasteiger partial charge < -0.3 is 9.64 Å². The van der Waals surface area contributed by atoms with Gasteiger partial charge in [-0.2, -0.15) is 0 Å². The van der Waals surface area contributed by atoms with E-state index in [0.29, 0.717) is 6.54 Å². The van der Waals surface area contributed by atoms with Gasteiger partial charge in [0.2, 0.25) is 5.91 Å². The first-order chi connectivity index (χ1) is 7.51. The van der Waals surface area contributed by atoms with Crippen LogP contribution in [-0.2, 0) is 19.1 Å². The van der Waals surface area contributed by atoms with Gasteiger partial charge in [0.1, 0.15) is 6.54 Å². The fourth-order valence-corrected chi connectivity index (χ4v) is 1.15. The van der Waals surface area contributed by atoms with Gasteiger partial charge >= 0.3 is 5.97 Å². The number of carbonyl (C=O) groups is 3. The van der Waals surface area contributed by atoms with E-state index in [9.17, 15) is 14.4 Å². The minimum Gasteiger partial charge on any atom is -0.466 e. The Bertz CT molecular complexity index is 266. The molecule has 0 spiro atoms. The van der Waals surface area contributed by atoms with Crippen LogP contribution in [0.4, 0.5) is 0 Å². The number of hydrogen-bond acceptors (Lipinski definition) is 4. The largest absolute Gasteiger partial charge is 0.466 e. The maximum absolute atomic E-state index is 11.5. The van der Waals surface area contributed by atoms with Crippen LogP contribution in [0.15, 0.2) is 0 Å². The lowest BCUT2D eigenvalue weighted by Gasteiger charge is -2.18. The molecule has 6 heteroatoms. The summed E-state index contributed by atoms with van der Waals surface area (Å²) in [5.74, 6) is -1.55. The number of amides is 2. The lowest BCUT2D eigenvalue weighted by molar-refractivity contribution is -0.145. The Labute approximate surface area is 94.7 Å². The van der Waals surface area contributed by atoms with Crippen molar-refractivity contribution in [3.8, 4) is 0 Å². The van der Waals surface area contributed by atoms with Crippen LogP contribution in [0.2, 0.25) is 0 Å². The minimum atomic E-state index is -0.814. The number of ether oxygens (including phenoxy) is 1. The van der Waals surface area contributed by atoms with Crippen molar-refractivity contribution < 1.29 is 19.1 Å². The third-order valence-corrected chi connectivity index (χ3v) is 1.92. The van der Waals surface area contributed by atoms with E-state index >= 15 is 0 Å². The molecule has 2 amide bonds. The zero-order valence-corrected chi connectivity index (χ0v) is 9.62. The molecule has 0 heterocycles. The van der Waals surface area contributed by atoms with Crippen LogP contribution in [0, 0.1) is 0 Å². The van der Waals surface area contributed by atoms with Crippen molar-refractivity contribution in [2.24, 2.45) is 0 Å². The lowest BCUT2D eigenvalue weighted by Crippen LogP contribution is -2.36. The molecule has 6 nitrogen and oxygen atoms in total. The molecule has 0 aliphatic heterocycles. The minimum absolute atomic E-state index is 0.00929. The molecule has 0 aliphatic carbocycles. The fourth-order valence-electron chi connectivity index (χ4n) is 1.15. The molecule has 0 saturated heterocycles. The quantitative estimate of drug-likeness (QED) is 0.574. The van der Waals surface area contributed by atoms with Gasteiger partial charge in [0.25, 0.3) is 5.91 Å². The Morgan fingerprint density at radius 1 is 1.19 bits per heavy atom. The Balaban J connectivity index is 4.02. The molecule has 1 radical (unpaired) electrons. The smallest absolute Gasteiger partial charge is 0.306 e. The van der Waals surface area contributed by atoms with Crippen molar-refractivity contribution in [1.29, 1.82) is 0 Å². The predicted molar refractivity (Wildman–Crippen MR) is 56.2 cm³/mol. The third kappa shape index (κ3) is 6.00. The summed E-state index contributed by atoms with van der Waals surface area (Å²) in [6, 6.07) is 0. The molecule has 0 aliphatic rings. The first-order valence-corrected chi connectivity index (χ1v) is 5.19. The highest BCUT2D eigenvalue weighted by atomic mass is 16.5. The van der Waals surface area contributed by atoms with Crippen LogP contribution in [0.25, 0.3) is 0 Å². The molecule has 0 saturated carbocycles. The highest BCUT2D eigenvalue weighted by Gasteiger charge is 2.15. The molecule has 16 heavy (non-hydrogen) atoms. The van der Waals surface area contributed by atoms with Crippen molar-refractivity contribution in [2.45, 2.75) is 26.7 Å². The second-order valence-electron chi connectivity index (χ2n) is 3.14. The summed E-state index contributed by atoms with van der Waals surface area (Å²) < 4.78 is 4.67. The normalized spacial score (nSPS) is 9.62. The van der Waals surface area contributed by atoms with Crippen molar-refractivity contribution in [1.82, 2.24) is 10.6 Å². The van der Waals surface area contributed by atoms with Crippen molar-refractivity contribution in [3.63, 3.8) is 0 Å². The van der Waals surface area contributed by atoms with Crippen LogP contribution >= 0.6 is 0 Å². The van der Waals surface area contributed by atoms with Crippen LogP contribution in [0.1, 0.15) is 26.7 Å². The monoisotopic (exact) mass is 229 g/mol. The van der Waals surface area contributed by atoms with Crippen molar-refractivity contribution in [2.75, 3.05) is 19.7 Å². The molecule has 0 aromatic carbocycles. The maximum atomic E-state index is 11.5. The summed E-state index contributed by atoms with van der Waals surface area (Å²) in [4.78, 5) is 34.3. The number of rotatable bonds is 7. The number of nitrogens with one attached hydrogen (secondary N) is 1. The molecular weight excluding hydrogens is 212 g/mol. The zero-order chi connectivity index (χ0) is 12.6. The highest BCUT2D eigenvalue weighted by molar-refractivity contribution is 5.85. The average molecular weight is 229 g/mol. The van der Waals surface area contributed by atoms with E-state index in [1.54, 1.807) is 13.8 Å². The van der Waals surface area contributed by atoms with E-state index in [4.69, 9.17) is 5.73 Å². The molecule has 91 valence electrons. The van der Waals surface area contributed by atoms with Crippen LogP contribution < -0.4 is 5.73 Å². The number of likely N-dealkylation sites (N-methyl/N-ethyl adjacent to an activating group) is 1. The molecule has 0 rings (SSSR count). The van der Waals surface area contributed by atoms with Gasteiger partial charge in [-0.1, -0.05) is 0 Å². The van der Waals surface area contributed by atoms with Gasteiger partial charge in [-0.25, -0.2) is 0 Å². The molecule has 1 N–H and O–H groups in total. The molecular formula is C10H17N2O4. The van der Waals surface area contributed by atoms with E-state index in [1.807, 2.05) is 0 Å². The van der Waals surface area contributed by atoms with Gasteiger partial charge in [-0.15, -0.1) is 0 Å². The van der Waals surface area contributed by atoms with E-state index < -0.39 is 11.9 Å². The van der Waals surface area contributed by atoms with Gasteiger partial charge in [0.05, 0.1) is 13.0 Å². The Kier molecular flexibility index (Phi) is 6.91. The van der Waals surface area contributed by atoms with Crippen molar-refractivity contribution in [3.05, 3.63) is 0 Å². The zero-order valence-electron chi connectivity index (χ0n) is 9.62. The topological polar surface area (TPSA) is 87.5 Å². The Morgan fingerprint density at radius 2 is 1.81 bits per heavy atom. The molecule has 0 bridgehead atoms. The first kappa shape index (κ1) is 14.4. The molecule has 0 unspecified atom stereocenters. The predicted octanol–water partition coefficient (Wildman–Crippen LogP) is -0.0123. The number of carbonyl (C=O) groups excluding carboxylic acids is 3. The second kappa shape index (κ2) is 7.67. The highest BCUT2D eigenvalue weighted by Crippen LogP contribution is 1.99. The Morgan fingerprint density at radius 3 is 2.25 bits per heavy atom.